The Hall–Kier alpha value is -2.45. The van der Waals surface area contributed by atoms with Crippen molar-refractivity contribution in [3.63, 3.8) is 0 Å². The molecule has 2 atom stereocenters. The number of carboxylic acids is 1. The number of anilines is 1. The second kappa shape index (κ2) is 9.14. The molecule has 0 saturated heterocycles. The summed E-state index contributed by atoms with van der Waals surface area (Å²) in [5, 5.41) is 30.8. The monoisotopic (exact) mass is 353 g/mol. The number of ether oxygens (including phenoxy) is 1. The predicted octanol–water partition coefficient (Wildman–Crippen LogP) is 1.05. The molecular formula is C17H23NO7. The number of benzene rings is 1. The number of nitrogens with one attached hydrogen (secondary N) is 1. The first-order valence-corrected chi connectivity index (χ1v) is 7.88. The Morgan fingerprint density at radius 3 is 2.44 bits per heavy atom. The fourth-order valence-electron chi connectivity index (χ4n) is 2.08. The van der Waals surface area contributed by atoms with Crippen molar-refractivity contribution in [3.8, 4) is 0 Å². The Labute approximate surface area is 145 Å². The van der Waals surface area contributed by atoms with E-state index < -0.39 is 29.6 Å². The van der Waals surface area contributed by atoms with E-state index in [1.165, 1.54) is 6.92 Å². The topological polar surface area (TPSA) is 133 Å². The number of aliphatic hydroxyl groups is 2. The number of carboxylic acid groups (broad SMARTS) is 1. The van der Waals surface area contributed by atoms with Gasteiger partial charge < -0.3 is 25.4 Å². The lowest BCUT2D eigenvalue weighted by Gasteiger charge is -2.27. The largest absolute Gasteiger partial charge is 0.481 e. The van der Waals surface area contributed by atoms with Crippen LogP contribution in [0.4, 0.5) is 5.69 Å². The SMILES string of the molecule is CC[C@@](O)(C(=O)OCc1ccccc1NC(=O)CCC(=O)O)[C@H](C)O. The highest BCUT2D eigenvalue weighted by atomic mass is 16.6. The summed E-state index contributed by atoms with van der Waals surface area (Å²) in [7, 11) is 0. The number of rotatable bonds is 9. The van der Waals surface area contributed by atoms with Crippen LogP contribution in [0.5, 0.6) is 0 Å². The standard InChI is InChI=1S/C17H23NO7/c1-3-17(24,11(2)19)16(23)25-10-12-6-4-5-7-13(12)18-14(20)8-9-15(21)22/h4-7,11,19,24H,3,8-10H2,1-2H3,(H,18,20)(H,21,22)/t11-,17-/m0/s1. The predicted molar refractivity (Wildman–Crippen MR) is 88.7 cm³/mol. The molecule has 25 heavy (non-hydrogen) atoms. The smallest absolute Gasteiger partial charge is 0.341 e. The summed E-state index contributed by atoms with van der Waals surface area (Å²) in [6, 6.07) is 6.54. The molecule has 4 N–H and O–H groups in total. The van der Waals surface area contributed by atoms with Crippen molar-refractivity contribution in [2.75, 3.05) is 5.32 Å². The molecule has 0 aromatic heterocycles. The van der Waals surface area contributed by atoms with E-state index in [0.29, 0.717) is 11.3 Å². The number of carbonyl (C=O) groups is 3. The minimum Gasteiger partial charge on any atom is -0.481 e. The van der Waals surface area contributed by atoms with Crippen molar-refractivity contribution >= 4 is 23.5 Å². The quantitative estimate of drug-likeness (QED) is 0.488. The van der Waals surface area contributed by atoms with Crippen LogP contribution in [-0.2, 0) is 25.7 Å². The molecule has 0 aliphatic rings. The van der Waals surface area contributed by atoms with Crippen LogP contribution in [0.15, 0.2) is 24.3 Å². The van der Waals surface area contributed by atoms with Gasteiger partial charge in [-0.3, -0.25) is 9.59 Å². The molecule has 1 aromatic carbocycles. The van der Waals surface area contributed by atoms with E-state index in [0.717, 1.165) is 0 Å². The van der Waals surface area contributed by atoms with Crippen LogP contribution in [0.25, 0.3) is 0 Å². The van der Waals surface area contributed by atoms with Crippen molar-refractivity contribution in [1.29, 1.82) is 0 Å². The molecule has 0 fully saturated rings. The average Bonchev–Trinajstić information content (AvgIpc) is 2.57. The first kappa shape index (κ1) is 20.6. The van der Waals surface area contributed by atoms with Crippen molar-refractivity contribution < 1.29 is 34.4 Å². The molecule has 0 bridgehead atoms. The maximum absolute atomic E-state index is 12.0. The van der Waals surface area contributed by atoms with Gasteiger partial charge in [-0.1, -0.05) is 25.1 Å². The molecule has 0 spiro atoms. The third kappa shape index (κ3) is 5.84. The Bertz CT molecular complexity index is 629. The minimum atomic E-state index is -2.00. The molecule has 1 rings (SSSR count). The molecular weight excluding hydrogens is 330 g/mol. The van der Waals surface area contributed by atoms with Crippen LogP contribution in [0.3, 0.4) is 0 Å². The maximum atomic E-state index is 12.0. The number of aliphatic hydroxyl groups excluding tert-OH is 1. The molecule has 138 valence electrons. The highest BCUT2D eigenvalue weighted by molar-refractivity contribution is 5.93. The van der Waals surface area contributed by atoms with Gasteiger partial charge in [-0.15, -0.1) is 0 Å². The first-order valence-electron chi connectivity index (χ1n) is 7.88. The number of amides is 1. The summed E-state index contributed by atoms with van der Waals surface area (Å²) >= 11 is 0. The molecule has 8 nitrogen and oxygen atoms in total. The van der Waals surface area contributed by atoms with Crippen LogP contribution in [-0.4, -0.2) is 44.9 Å². The highest BCUT2D eigenvalue weighted by Crippen LogP contribution is 2.21. The summed E-state index contributed by atoms with van der Waals surface area (Å²) in [6.07, 6.45) is -1.78. The van der Waals surface area contributed by atoms with Gasteiger partial charge in [-0.25, -0.2) is 4.79 Å². The van der Waals surface area contributed by atoms with Gasteiger partial charge in [-0.05, 0) is 19.4 Å². The van der Waals surface area contributed by atoms with Gasteiger partial charge in [0.15, 0.2) is 5.60 Å². The van der Waals surface area contributed by atoms with E-state index in [2.05, 4.69) is 5.32 Å². The maximum Gasteiger partial charge on any atom is 0.341 e. The molecule has 1 amide bonds. The Morgan fingerprint density at radius 1 is 1.24 bits per heavy atom. The minimum absolute atomic E-state index is 0.0168. The summed E-state index contributed by atoms with van der Waals surface area (Å²) < 4.78 is 5.07. The van der Waals surface area contributed by atoms with Crippen molar-refractivity contribution in [1.82, 2.24) is 0 Å². The van der Waals surface area contributed by atoms with E-state index in [9.17, 15) is 24.6 Å². The third-order valence-electron chi connectivity index (χ3n) is 3.80. The Kier molecular flexibility index (Phi) is 7.53. The van der Waals surface area contributed by atoms with Crippen LogP contribution in [0.1, 0.15) is 38.7 Å². The lowest BCUT2D eigenvalue weighted by molar-refractivity contribution is -0.178. The van der Waals surface area contributed by atoms with Crippen LogP contribution in [0, 0.1) is 0 Å². The fraction of sp³-hybridized carbons (Fsp3) is 0.471. The van der Waals surface area contributed by atoms with Crippen LogP contribution in [0.2, 0.25) is 0 Å². The third-order valence-corrected chi connectivity index (χ3v) is 3.80. The lowest BCUT2D eigenvalue weighted by atomic mass is 9.95. The molecule has 0 unspecified atom stereocenters. The molecule has 8 heteroatoms. The van der Waals surface area contributed by atoms with Crippen LogP contribution >= 0.6 is 0 Å². The zero-order valence-electron chi connectivity index (χ0n) is 14.2. The normalized spacial score (nSPS) is 14.2. The van der Waals surface area contributed by atoms with Gasteiger partial charge in [0.25, 0.3) is 0 Å². The van der Waals surface area contributed by atoms with Gasteiger partial charge in [0, 0.05) is 17.7 Å². The fourth-order valence-corrected chi connectivity index (χ4v) is 2.08. The van der Waals surface area contributed by atoms with Gasteiger partial charge in [0.1, 0.15) is 6.61 Å². The van der Waals surface area contributed by atoms with E-state index in [1.807, 2.05) is 0 Å². The van der Waals surface area contributed by atoms with Crippen molar-refractivity contribution in [2.45, 2.75) is 51.4 Å². The van der Waals surface area contributed by atoms with Gasteiger partial charge in [0.2, 0.25) is 5.91 Å². The number of aliphatic carboxylic acids is 1. The van der Waals surface area contributed by atoms with E-state index in [-0.39, 0.29) is 25.9 Å². The molecule has 0 saturated carbocycles. The number of para-hydroxylation sites is 1. The van der Waals surface area contributed by atoms with Crippen molar-refractivity contribution in [3.05, 3.63) is 29.8 Å². The van der Waals surface area contributed by atoms with E-state index >= 15 is 0 Å². The summed E-state index contributed by atoms with van der Waals surface area (Å²) in [5.74, 6) is -2.51. The zero-order valence-corrected chi connectivity index (χ0v) is 14.2. The lowest BCUT2D eigenvalue weighted by Crippen LogP contribution is -2.48. The highest BCUT2D eigenvalue weighted by Gasteiger charge is 2.40. The van der Waals surface area contributed by atoms with Gasteiger partial charge >= 0.3 is 11.9 Å². The molecule has 0 radical (unpaired) electrons. The van der Waals surface area contributed by atoms with E-state index in [1.54, 1.807) is 31.2 Å². The molecule has 0 aliphatic heterocycles. The average molecular weight is 353 g/mol. The van der Waals surface area contributed by atoms with E-state index in [4.69, 9.17) is 9.84 Å². The molecule has 0 heterocycles. The molecule has 1 aromatic rings. The second-order valence-corrected chi connectivity index (χ2v) is 5.63. The number of hydrogen-bond acceptors (Lipinski definition) is 6. The van der Waals surface area contributed by atoms with Gasteiger partial charge in [-0.2, -0.15) is 0 Å². The van der Waals surface area contributed by atoms with Crippen LogP contribution < -0.4 is 5.32 Å². The zero-order chi connectivity index (χ0) is 19.0. The number of hydrogen-bond donors (Lipinski definition) is 4. The number of carbonyl (C=O) groups excluding carboxylic acids is 2. The number of esters is 1. The second-order valence-electron chi connectivity index (χ2n) is 5.63. The summed E-state index contributed by atoms with van der Waals surface area (Å²) in [4.78, 5) is 34.3. The summed E-state index contributed by atoms with van der Waals surface area (Å²) in [6.45, 7) is 2.62. The van der Waals surface area contributed by atoms with Gasteiger partial charge in [0.05, 0.1) is 12.5 Å². The molecule has 0 aliphatic carbocycles. The Balaban J connectivity index is 2.76. The first-order chi connectivity index (χ1) is 11.7. The Morgan fingerprint density at radius 2 is 1.88 bits per heavy atom. The summed E-state index contributed by atoms with van der Waals surface area (Å²) in [5.41, 5.74) is -1.15. The van der Waals surface area contributed by atoms with Crippen molar-refractivity contribution in [2.24, 2.45) is 0 Å².